The largest absolute Gasteiger partial charge is 0.481 e. The molecular formula is C27H32FN7O4. The lowest BCUT2D eigenvalue weighted by Crippen LogP contribution is -2.49. The molecular weight excluding hydrogens is 505 g/mol. The predicted molar refractivity (Wildman–Crippen MR) is 142 cm³/mol. The molecule has 2 atom stereocenters. The number of benzene rings is 1. The predicted octanol–water partition coefficient (Wildman–Crippen LogP) is 2.78. The number of anilines is 1. The van der Waals surface area contributed by atoms with Gasteiger partial charge in [0.2, 0.25) is 5.75 Å². The Hall–Kier alpha value is -3.93. The highest BCUT2D eigenvalue weighted by Gasteiger charge is 2.34. The topological polar surface area (TPSA) is 109 Å². The van der Waals surface area contributed by atoms with Crippen LogP contribution in [-0.4, -0.2) is 94.9 Å². The third-order valence-electron chi connectivity index (χ3n) is 7.81. The lowest BCUT2D eigenvalue weighted by atomic mass is 9.99. The molecule has 1 aromatic carbocycles. The average molecular weight is 538 g/mol. The van der Waals surface area contributed by atoms with Crippen LogP contribution in [0.1, 0.15) is 30.1 Å². The van der Waals surface area contributed by atoms with Gasteiger partial charge in [0.15, 0.2) is 17.7 Å². The highest BCUT2D eigenvalue weighted by atomic mass is 19.1. The Morgan fingerprint density at radius 3 is 2.79 bits per heavy atom. The van der Waals surface area contributed by atoms with Crippen LogP contribution in [0.3, 0.4) is 0 Å². The second kappa shape index (κ2) is 10.3. The molecule has 12 heteroatoms. The molecule has 6 rings (SSSR count). The molecule has 0 bridgehead atoms. The van der Waals surface area contributed by atoms with Crippen molar-refractivity contribution in [3.63, 3.8) is 0 Å². The first-order valence-corrected chi connectivity index (χ1v) is 13.2. The molecule has 206 valence electrons. The van der Waals surface area contributed by atoms with Crippen molar-refractivity contribution in [2.45, 2.75) is 31.9 Å². The summed E-state index contributed by atoms with van der Waals surface area (Å²) in [5, 5.41) is 8.18. The van der Waals surface area contributed by atoms with E-state index in [9.17, 15) is 9.18 Å². The Bertz CT molecular complexity index is 1400. The minimum Gasteiger partial charge on any atom is -0.481 e. The average Bonchev–Trinajstić information content (AvgIpc) is 3.59. The van der Waals surface area contributed by atoms with Crippen LogP contribution in [0.4, 0.5) is 10.2 Å². The first-order valence-electron chi connectivity index (χ1n) is 13.2. The fourth-order valence-electron chi connectivity index (χ4n) is 5.58. The smallest absolute Gasteiger partial charge is 0.322 e. The summed E-state index contributed by atoms with van der Waals surface area (Å²) in [7, 11) is 2.09. The Kier molecular flexibility index (Phi) is 6.71. The molecule has 5 heterocycles. The molecule has 0 spiro atoms. The molecule has 39 heavy (non-hydrogen) atoms. The van der Waals surface area contributed by atoms with Crippen molar-refractivity contribution < 1.29 is 23.4 Å². The number of nitrogens with zero attached hydrogens (tertiary/aromatic N) is 6. The molecule has 2 saturated heterocycles. The van der Waals surface area contributed by atoms with Gasteiger partial charge in [-0.25, -0.2) is 4.39 Å². The van der Waals surface area contributed by atoms with Crippen LogP contribution >= 0.6 is 0 Å². The zero-order chi connectivity index (χ0) is 27.1. The van der Waals surface area contributed by atoms with Gasteiger partial charge in [-0.05, 0) is 45.0 Å². The van der Waals surface area contributed by atoms with Crippen LogP contribution in [0, 0.1) is 6.92 Å². The Balaban J connectivity index is 1.30. The van der Waals surface area contributed by atoms with Gasteiger partial charge in [0.25, 0.3) is 11.8 Å². The van der Waals surface area contributed by atoms with Gasteiger partial charge in [0.1, 0.15) is 13.2 Å². The fourth-order valence-corrected chi connectivity index (χ4v) is 5.58. The summed E-state index contributed by atoms with van der Waals surface area (Å²) in [4.78, 5) is 27.1. The third-order valence-corrected chi connectivity index (χ3v) is 7.81. The minimum absolute atomic E-state index is 0.210. The number of nitrogens with one attached hydrogen (secondary N) is 1. The summed E-state index contributed by atoms with van der Waals surface area (Å²) in [6.45, 7) is 8.47. The molecule has 2 aromatic heterocycles. The monoisotopic (exact) mass is 537 g/mol. The lowest BCUT2D eigenvalue weighted by molar-refractivity contribution is -0.128. The van der Waals surface area contributed by atoms with Gasteiger partial charge in [-0.15, -0.1) is 0 Å². The van der Waals surface area contributed by atoms with Gasteiger partial charge in [0, 0.05) is 43.2 Å². The number of halogens is 1. The van der Waals surface area contributed by atoms with Gasteiger partial charge in [0.05, 0.1) is 11.7 Å². The number of aromatic amines is 1. The molecule has 0 radical (unpaired) electrons. The number of fused-ring (bicyclic) bond motifs is 2. The maximum absolute atomic E-state index is 13.4. The number of carbonyl (C=O) groups is 1. The first-order chi connectivity index (χ1) is 18.9. The van der Waals surface area contributed by atoms with Crippen molar-refractivity contribution in [2.75, 3.05) is 57.9 Å². The van der Waals surface area contributed by atoms with Gasteiger partial charge < -0.3 is 28.9 Å². The quantitative estimate of drug-likeness (QED) is 0.475. The summed E-state index contributed by atoms with van der Waals surface area (Å²) >= 11 is 0. The van der Waals surface area contributed by atoms with Gasteiger partial charge in [-0.1, -0.05) is 12.6 Å². The number of likely N-dealkylation sites (N-methyl/N-ethyl adjacent to an activating group) is 1. The number of carbonyl (C=O) groups excluding carboxylic acids is 1. The minimum atomic E-state index is -0.957. The maximum Gasteiger partial charge on any atom is 0.322 e. The second-order valence-electron chi connectivity index (χ2n) is 10.3. The zero-order valence-electron chi connectivity index (χ0n) is 22.2. The van der Waals surface area contributed by atoms with Crippen LogP contribution in [-0.2, 0) is 4.79 Å². The highest BCUT2D eigenvalue weighted by Crippen LogP contribution is 2.44. The van der Waals surface area contributed by atoms with Crippen LogP contribution < -0.4 is 19.1 Å². The van der Waals surface area contributed by atoms with Crippen LogP contribution in [0.15, 0.2) is 30.7 Å². The fraction of sp³-hybridized carbons (Fsp3) is 0.481. The Morgan fingerprint density at radius 1 is 1.23 bits per heavy atom. The number of hydrogen-bond acceptors (Lipinski definition) is 9. The van der Waals surface area contributed by atoms with Crippen molar-refractivity contribution in [1.29, 1.82) is 0 Å². The van der Waals surface area contributed by atoms with E-state index in [-0.39, 0.29) is 12.6 Å². The van der Waals surface area contributed by atoms with E-state index in [4.69, 9.17) is 19.2 Å². The zero-order valence-corrected chi connectivity index (χ0v) is 22.2. The number of ether oxygens (including phenoxy) is 3. The number of H-pyrrole nitrogens is 1. The van der Waals surface area contributed by atoms with E-state index >= 15 is 0 Å². The summed E-state index contributed by atoms with van der Waals surface area (Å²) in [6, 6.07) is 4.53. The molecule has 11 nitrogen and oxygen atoms in total. The maximum atomic E-state index is 13.4. The van der Waals surface area contributed by atoms with Gasteiger partial charge in [-0.2, -0.15) is 15.1 Å². The molecule has 2 fully saturated rings. The molecule has 2 unspecified atom stereocenters. The van der Waals surface area contributed by atoms with Crippen LogP contribution in [0.5, 0.6) is 17.6 Å². The first kappa shape index (κ1) is 25.4. The lowest BCUT2D eigenvalue weighted by Gasteiger charge is -2.37. The van der Waals surface area contributed by atoms with E-state index in [1.165, 1.54) is 4.90 Å². The highest BCUT2D eigenvalue weighted by molar-refractivity contribution is 5.90. The van der Waals surface area contributed by atoms with E-state index in [0.29, 0.717) is 56.3 Å². The number of aryl methyl sites for hydroxylation is 1. The second-order valence-corrected chi connectivity index (χ2v) is 10.3. The number of piperazine rings is 1. The van der Waals surface area contributed by atoms with E-state index in [1.54, 1.807) is 6.20 Å². The Morgan fingerprint density at radius 2 is 2.05 bits per heavy atom. The van der Waals surface area contributed by atoms with Crippen molar-refractivity contribution in [2.24, 2.45) is 0 Å². The number of rotatable bonds is 6. The summed E-state index contributed by atoms with van der Waals surface area (Å²) < 4.78 is 32.3. The molecule has 3 aromatic rings. The molecule has 3 aliphatic heterocycles. The number of aromatic nitrogens is 4. The van der Waals surface area contributed by atoms with E-state index in [1.807, 2.05) is 24.0 Å². The molecule has 0 aliphatic carbocycles. The van der Waals surface area contributed by atoms with E-state index < -0.39 is 17.8 Å². The standard InChI is InChI=1S/C27H32FN7O4/c1-16-6-7-20-19(13-29-32-20)22(16)21-15-37-23-24(34-9-11-35(12-10-34)26(36)17(2)28)30-27(31-25(23)39-21)38-14-18-5-4-8-33(18)3/h6-7,13,18,21H,2,4-5,8-12,14-15H2,1,3H3,(H,29,32). The van der Waals surface area contributed by atoms with Gasteiger partial charge >= 0.3 is 6.01 Å². The van der Waals surface area contributed by atoms with E-state index in [2.05, 4.69) is 33.7 Å². The normalized spacial score (nSPS) is 21.4. The van der Waals surface area contributed by atoms with Crippen molar-refractivity contribution in [3.05, 3.63) is 41.9 Å². The Labute approximate surface area is 225 Å². The van der Waals surface area contributed by atoms with Crippen molar-refractivity contribution in [1.82, 2.24) is 30.0 Å². The number of amides is 1. The summed E-state index contributed by atoms with van der Waals surface area (Å²) in [5.41, 5.74) is 2.97. The van der Waals surface area contributed by atoms with Crippen molar-refractivity contribution in [3.8, 4) is 17.6 Å². The van der Waals surface area contributed by atoms with Crippen LogP contribution in [0.25, 0.3) is 10.9 Å². The summed E-state index contributed by atoms with van der Waals surface area (Å²) in [6.07, 6.45) is 3.58. The number of hydrogen-bond donors (Lipinski definition) is 1. The third kappa shape index (κ3) is 4.84. The molecule has 3 aliphatic rings. The van der Waals surface area contributed by atoms with Crippen molar-refractivity contribution >= 4 is 22.6 Å². The van der Waals surface area contributed by atoms with E-state index in [0.717, 1.165) is 41.4 Å². The molecule has 0 saturated carbocycles. The molecule has 1 N–H and O–H groups in total. The number of likely N-dealkylation sites (tertiary alicyclic amines) is 1. The summed E-state index contributed by atoms with van der Waals surface area (Å²) in [5.74, 6) is -0.362. The van der Waals surface area contributed by atoms with Crippen LogP contribution in [0.2, 0.25) is 0 Å². The SMILES string of the molecule is C=C(F)C(=O)N1CCN(c2nc(OCC3CCCN3C)nc3c2OCC(c2c(C)ccc4[nH]ncc24)O3)CC1. The van der Waals surface area contributed by atoms with Gasteiger partial charge in [-0.3, -0.25) is 9.89 Å². The molecule has 1 amide bonds.